The molecule has 0 radical (unpaired) electrons. The van der Waals surface area contributed by atoms with Gasteiger partial charge in [0.15, 0.2) is 0 Å². The highest BCUT2D eigenvalue weighted by Crippen LogP contribution is 2.23. The fourth-order valence-corrected chi connectivity index (χ4v) is 1.99. The van der Waals surface area contributed by atoms with Crippen LogP contribution >= 0.6 is 0 Å². The molecule has 3 rings (SSSR count). The molecule has 96 valence electrons. The minimum Gasteiger partial charge on any atom is -0.497 e. The zero-order valence-electron chi connectivity index (χ0n) is 10.4. The number of ether oxygens (including phenoxy) is 1. The molecule has 2 N–H and O–H groups in total. The van der Waals surface area contributed by atoms with Gasteiger partial charge in [0, 0.05) is 12.3 Å². The van der Waals surface area contributed by atoms with Crippen molar-refractivity contribution in [2.24, 2.45) is 0 Å². The van der Waals surface area contributed by atoms with Crippen LogP contribution in [0.2, 0.25) is 0 Å². The number of nitrogens with two attached hydrogens (primary N) is 1. The molecule has 0 saturated carbocycles. The number of rotatable bonds is 3. The molecule has 1 aromatic carbocycles. The Hall–Kier alpha value is -2.63. The fraction of sp³-hybridized carbons (Fsp3) is 0.154. The maximum atomic E-state index is 5.96. The van der Waals surface area contributed by atoms with Crippen molar-refractivity contribution in [2.45, 2.75) is 6.54 Å². The van der Waals surface area contributed by atoms with Crippen LogP contribution in [-0.2, 0) is 6.54 Å². The first-order chi connectivity index (χ1) is 9.28. The largest absolute Gasteiger partial charge is 0.497 e. The van der Waals surface area contributed by atoms with Crippen molar-refractivity contribution in [3.05, 3.63) is 42.5 Å². The molecule has 0 amide bonds. The molecule has 0 saturated heterocycles. The van der Waals surface area contributed by atoms with Crippen molar-refractivity contribution in [1.29, 1.82) is 0 Å². The Kier molecular flexibility index (Phi) is 2.75. The van der Waals surface area contributed by atoms with Gasteiger partial charge < -0.3 is 15.0 Å². The van der Waals surface area contributed by atoms with Gasteiger partial charge in [0.1, 0.15) is 12.1 Å². The molecule has 0 unspecified atom stereocenters. The van der Waals surface area contributed by atoms with Gasteiger partial charge in [0.25, 0.3) is 0 Å². The van der Waals surface area contributed by atoms with Gasteiger partial charge in [-0.05, 0) is 18.2 Å². The third-order valence-corrected chi connectivity index (χ3v) is 2.95. The zero-order valence-corrected chi connectivity index (χ0v) is 10.4. The number of fused-ring (bicyclic) bond motifs is 1. The minimum atomic E-state index is 0.460. The molecular formula is C13H13N5O. The van der Waals surface area contributed by atoms with Crippen LogP contribution in [0, 0.1) is 0 Å². The number of aromatic nitrogens is 4. The van der Waals surface area contributed by atoms with Crippen LogP contribution in [-0.4, -0.2) is 26.6 Å². The molecule has 0 spiro atoms. The zero-order chi connectivity index (χ0) is 13.2. The van der Waals surface area contributed by atoms with Crippen LogP contribution in [0.15, 0.2) is 36.8 Å². The Morgan fingerprint density at radius 1 is 1.32 bits per heavy atom. The first kappa shape index (κ1) is 11.5. The molecule has 0 aliphatic carbocycles. The minimum absolute atomic E-state index is 0.460. The maximum absolute atomic E-state index is 5.96. The normalized spacial score (nSPS) is 10.8. The highest BCUT2D eigenvalue weighted by atomic mass is 16.5. The third-order valence-electron chi connectivity index (χ3n) is 2.95. The predicted molar refractivity (Wildman–Crippen MR) is 71.8 cm³/mol. The fourth-order valence-electron chi connectivity index (χ4n) is 1.99. The van der Waals surface area contributed by atoms with Crippen molar-refractivity contribution in [2.75, 3.05) is 12.8 Å². The smallest absolute Gasteiger partial charge is 0.201 e. The molecule has 0 atom stereocenters. The van der Waals surface area contributed by atoms with Crippen LogP contribution in [0.3, 0.4) is 0 Å². The van der Waals surface area contributed by atoms with E-state index in [1.165, 1.54) is 6.33 Å². The Morgan fingerprint density at radius 2 is 2.21 bits per heavy atom. The molecule has 0 fully saturated rings. The summed E-state index contributed by atoms with van der Waals surface area (Å²) in [4.78, 5) is 12.4. The Labute approximate surface area is 109 Å². The van der Waals surface area contributed by atoms with Crippen LogP contribution in [0.5, 0.6) is 5.75 Å². The summed E-state index contributed by atoms with van der Waals surface area (Å²) in [5.74, 6) is 1.22. The van der Waals surface area contributed by atoms with Crippen molar-refractivity contribution < 1.29 is 4.74 Å². The lowest BCUT2D eigenvalue weighted by Gasteiger charge is -2.05. The van der Waals surface area contributed by atoms with Gasteiger partial charge in [-0.15, -0.1) is 0 Å². The van der Waals surface area contributed by atoms with Crippen molar-refractivity contribution >= 4 is 17.0 Å². The highest BCUT2D eigenvalue weighted by molar-refractivity contribution is 5.80. The van der Waals surface area contributed by atoms with Gasteiger partial charge in [0.2, 0.25) is 5.95 Å². The Balaban J connectivity index is 2.06. The molecule has 2 heterocycles. The summed E-state index contributed by atoms with van der Waals surface area (Å²) in [5, 5.41) is 0. The van der Waals surface area contributed by atoms with Crippen molar-refractivity contribution in [1.82, 2.24) is 19.5 Å². The maximum Gasteiger partial charge on any atom is 0.201 e. The van der Waals surface area contributed by atoms with Gasteiger partial charge >= 0.3 is 0 Å². The summed E-state index contributed by atoms with van der Waals surface area (Å²) in [6, 6.07) is 7.55. The van der Waals surface area contributed by atoms with Gasteiger partial charge in [-0.25, -0.2) is 15.0 Å². The van der Waals surface area contributed by atoms with E-state index in [1.54, 1.807) is 13.3 Å². The molecule has 3 aromatic rings. The van der Waals surface area contributed by atoms with E-state index >= 15 is 0 Å². The van der Waals surface area contributed by atoms with Crippen LogP contribution in [0.4, 0.5) is 5.95 Å². The summed E-state index contributed by atoms with van der Waals surface area (Å²) in [6.45, 7) is 0.567. The lowest BCUT2D eigenvalue weighted by atomic mass is 10.3. The van der Waals surface area contributed by atoms with E-state index in [-0.39, 0.29) is 0 Å². The Morgan fingerprint density at radius 3 is 2.95 bits per heavy atom. The van der Waals surface area contributed by atoms with Crippen LogP contribution < -0.4 is 10.5 Å². The average Bonchev–Trinajstić information content (AvgIpc) is 2.75. The topological polar surface area (TPSA) is 78.9 Å². The molecule has 6 heteroatoms. The summed E-state index contributed by atoms with van der Waals surface area (Å²) in [6.07, 6.45) is 3.23. The number of anilines is 1. The molecule has 0 bridgehead atoms. The number of benzene rings is 1. The highest BCUT2D eigenvalue weighted by Gasteiger charge is 2.09. The van der Waals surface area contributed by atoms with E-state index in [9.17, 15) is 0 Å². The molecule has 19 heavy (non-hydrogen) atoms. The summed E-state index contributed by atoms with van der Waals surface area (Å²) in [7, 11) is 1.63. The van der Waals surface area contributed by atoms with Crippen LogP contribution in [0.1, 0.15) is 5.69 Å². The molecule has 0 aliphatic rings. The van der Waals surface area contributed by atoms with Gasteiger partial charge in [0.05, 0.1) is 30.4 Å². The molecule has 6 nitrogen and oxygen atoms in total. The van der Waals surface area contributed by atoms with Crippen molar-refractivity contribution in [3.8, 4) is 5.75 Å². The average molecular weight is 255 g/mol. The number of nitrogen functional groups attached to an aromatic ring is 1. The predicted octanol–water partition coefficient (Wildman–Crippen LogP) is 1.47. The second-order valence-corrected chi connectivity index (χ2v) is 4.11. The second-order valence-electron chi connectivity index (χ2n) is 4.11. The monoisotopic (exact) mass is 255 g/mol. The number of hydrogen-bond acceptors (Lipinski definition) is 5. The van der Waals surface area contributed by atoms with E-state index < -0.39 is 0 Å². The standard InChI is InChI=1S/C13H13N5O/c1-19-10-2-3-12-11(6-10)17-13(14)18(12)7-9-4-5-15-8-16-9/h2-6,8H,7H2,1H3,(H2,14,17). The summed E-state index contributed by atoms with van der Waals surface area (Å²) < 4.78 is 7.09. The lowest BCUT2D eigenvalue weighted by Crippen LogP contribution is -2.05. The lowest BCUT2D eigenvalue weighted by molar-refractivity contribution is 0.415. The second kappa shape index (κ2) is 4.56. The molecular weight excluding hydrogens is 242 g/mol. The number of imidazole rings is 1. The number of methoxy groups -OCH3 is 1. The molecule has 0 aliphatic heterocycles. The molecule has 2 aromatic heterocycles. The van der Waals surface area contributed by atoms with Crippen LogP contribution in [0.25, 0.3) is 11.0 Å². The third kappa shape index (κ3) is 2.08. The number of hydrogen-bond donors (Lipinski definition) is 1. The summed E-state index contributed by atoms with van der Waals surface area (Å²) >= 11 is 0. The van der Waals surface area contributed by atoms with Gasteiger partial charge in [-0.3, -0.25) is 0 Å². The van der Waals surface area contributed by atoms with E-state index in [0.717, 1.165) is 22.5 Å². The van der Waals surface area contributed by atoms with E-state index in [2.05, 4.69) is 15.0 Å². The van der Waals surface area contributed by atoms with Crippen molar-refractivity contribution in [3.63, 3.8) is 0 Å². The van der Waals surface area contributed by atoms with Gasteiger partial charge in [-0.2, -0.15) is 0 Å². The van der Waals surface area contributed by atoms with E-state index in [0.29, 0.717) is 12.5 Å². The quantitative estimate of drug-likeness (QED) is 0.766. The van der Waals surface area contributed by atoms with Gasteiger partial charge in [-0.1, -0.05) is 0 Å². The first-order valence-electron chi connectivity index (χ1n) is 5.82. The Bertz CT molecular complexity index is 708. The van der Waals surface area contributed by atoms with E-state index in [1.807, 2.05) is 28.8 Å². The SMILES string of the molecule is COc1ccc2c(c1)nc(N)n2Cc1ccncn1. The summed E-state index contributed by atoms with van der Waals surface area (Å²) in [5.41, 5.74) is 8.61. The van der Waals surface area contributed by atoms with E-state index in [4.69, 9.17) is 10.5 Å². The number of nitrogens with zero attached hydrogens (tertiary/aromatic N) is 4. The first-order valence-corrected chi connectivity index (χ1v) is 5.82.